The summed E-state index contributed by atoms with van der Waals surface area (Å²) < 4.78 is 1.73. The van der Waals surface area contributed by atoms with E-state index in [0.717, 1.165) is 16.8 Å². The van der Waals surface area contributed by atoms with Crippen LogP contribution < -0.4 is 10.6 Å². The van der Waals surface area contributed by atoms with Gasteiger partial charge in [0.2, 0.25) is 5.95 Å². The molecule has 0 aliphatic rings. The SMILES string of the molecule is Cc1cccc(NC(=S)Nc2ncn(Cc3cccc(Cl)c3)n2)c1. The Morgan fingerprint density at radius 1 is 1.17 bits per heavy atom. The third kappa shape index (κ3) is 4.53. The number of anilines is 2. The average Bonchev–Trinajstić information content (AvgIpc) is 2.94. The Bertz CT molecular complexity index is 861. The molecule has 0 aliphatic carbocycles. The highest BCUT2D eigenvalue weighted by atomic mass is 35.5. The maximum atomic E-state index is 5.99. The van der Waals surface area contributed by atoms with Gasteiger partial charge >= 0.3 is 0 Å². The van der Waals surface area contributed by atoms with Crippen LogP contribution in [0.2, 0.25) is 5.02 Å². The van der Waals surface area contributed by atoms with Crippen LogP contribution in [0.4, 0.5) is 11.6 Å². The van der Waals surface area contributed by atoms with Crippen molar-refractivity contribution in [1.82, 2.24) is 14.8 Å². The second kappa shape index (κ2) is 7.42. The van der Waals surface area contributed by atoms with Crippen molar-refractivity contribution in [2.24, 2.45) is 0 Å². The number of aryl methyl sites for hydroxylation is 1. The lowest BCUT2D eigenvalue weighted by molar-refractivity contribution is 0.687. The molecule has 0 saturated carbocycles. The highest BCUT2D eigenvalue weighted by Gasteiger charge is 2.05. The van der Waals surface area contributed by atoms with Crippen LogP contribution in [0.1, 0.15) is 11.1 Å². The van der Waals surface area contributed by atoms with Crippen molar-refractivity contribution in [3.63, 3.8) is 0 Å². The highest BCUT2D eigenvalue weighted by Crippen LogP contribution is 2.12. The highest BCUT2D eigenvalue weighted by molar-refractivity contribution is 7.80. The number of nitrogens with one attached hydrogen (secondary N) is 2. The van der Waals surface area contributed by atoms with E-state index in [1.807, 2.05) is 55.5 Å². The van der Waals surface area contributed by atoms with Gasteiger partial charge in [0.25, 0.3) is 0 Å². The number of halogens is 1. The fraction of sp³-hybridized carbons (Fsp3) is 0.118. The number of hydrogen-bond acceptors (Lipinski definition) is 3. The van der Waals surface area contributed by atoms with Crippen molar-refractivity contribution in [3.05, 3.63) is 71.0 Å². The molecule has 0 spiro atoms. The van der Waals surface area contributed by atoms with Crippen molar-refractivity contribution in [2.75, 3.05) is 10.6 Å². The zero-order valence-corrected chi connectivity index (χ0v) is 14.6. The molecule has 7 heteroatoms. The van der Waals surface area contributed by atoms with Gasteiger partial charge in [-0.2, -0.15) is 0 Å². The molecule has 0 saturated heterocycles. The molecule has 0 radical (unpaired) electrons. The molecule has 1 aromatic heterocycles. The molecule has 0 unspecified atom stereocenters. The Morgan fingerprint density at radius 2 is 2.00 bits per heavy atom. The summed E-state index contributed by atoms with van der Waals surface area (Å²) in [6, 6.07) is 15.6. The minimum absolute atomic E-state index is 0.445. The first-order chi connectivity index (χ1) is 11.6. The maximum absolute atomic E-state index is 5.99. The second-order valence-corrected chi connectivity index (χ2v) is 6.19. The van der Waals surface area contributed by atoms with E-state index in [2.05, 4.69) is 20.7 Å². The van der Waals surface area contributed by atoms with Gasteiger partial charge in [-0.25, -0.2) is 9.67 Å². The minimum atomic E-state index is 0.445. The van der Waals surface area contributed by atoms with Crippen LogP contribution in [0.5, 0.6) is 0 Å². The van der Waals surface area contributed by atoms with Gasteiger partial charge in [0, 0.05) is 10.7 Å². The monoisotopic (exact) mass is 357 g/mol. The lowest BCUT2D eigenvalue weighted by Crippen LogP contribution is -2.20. The van der Waals surface area contributed by atoms with Gasteiger partial charge in [-0.05, 0) is 54.5 Å². The van der Waals surface area contributed by atoms with Crippen molar-refractivity contribution >= 4 is 40.6 Å². The molecule has 3 aromatic rings. The molecule has 0 fully saturated rings. The Kier molecular flexibility index (Phi) is 5.08. The third-order valence-electron chi connectivity index (χ3n) is 3.27. The summed E-state index contributed by atoms with van der Waals surface area (Å²) in [5, 5.41) is 11.6. The van der Waals surface area contributed by atoms with E-state index in [1.54, 1.807) is 11.0 Å². The first-order valence-electron chi connectivity index (χ1n) is 7.37. The molecule has 3 rings (SSSR count). The van der Waals surface area contributed by atoms with E-state index in [-0.39, 0.29) is 0 Å². The predicted octanol–water partition coefficient (Wildman–Crippen LogP) is 4.10. The van der Waals surface area contributed by atoms with Crippen molar-refractivity contribution < 1.29 is 0 Å². The van der Waals surface area contributed by atoms with Crippen LogP contribution >= 0.6 is 23.8 Å². The van der Waals surface area contributed by atoms with Crippen LogP contribution in [-0.4, -0.2) is 19.9 Å². The molecule has 1 heterocycles. The van der Waals surface area contributed by atoms with Crippen molar-refractivity contribution in [1.29, 1.82) is 0 Å². The van der Waals surface area contributed by atoms with E-state index >= 15 is 0 Å². The van der Waals surface area contributed by atoms with Crippen LogP contribution in [0.3, 0.4) is 0 Å². The largest absolute Gasteiger partial charge is 0.332 e. The summed E-state index contributed by atoms with van der Waals surface area (Å²) in [6.07, 6.45) is 1.65. The Morgan fingerprint density at radius 3 is 2.79 bits per heavy atom. The van der Waals surface area contributed by atoms with Gasteiger partial charge in [0.1, 0.15) is 6.33 Å². The lowest BCUT2D eigenvalue weighted by atomic mass is 10.2. The summed E-state index contributed by atoms with van der Waals surface area (Å²) in [6.45, 7) is 2.62. The molecule has 5 nitrogen and oxygen atoms in total. The first kappa shape index (κ1) is 16.4. The average molecular weight is 358 g/mol. The zero-order chi connectivity index (χ0) is 16.9. The van der Waals surface area contributed by atoms with E-state index in [1.165, 1.54) is 0 Å². The topological polar surface area (TPSA) is 54.8 Å². The Labute approximate surface area is 150 Å². The van der Waals surface area contributed by atoms with Gasteiger partial charge in [0.15, 0.2) is 5.11 Å². The van der Waals surface area contributed by atoms with Crippen LogP contribution in [0.15, 0.2) is 54.9 Å². The lowest BCUT2D eigenvalue weighted by Gasteiger charge is -2.08. The number of thiocarbonyl (C=S) groups is 1. The molecule has 24 heavy (non-hydrogen) atoms. The molecule has 2 aromatic carbocycles. The fourth-order valence-electron chi connectivity index (χ4n) is 2.24. The van der Waals surface area contributed by atoms with Crippen LogP contribution in [-0.2, 0) is 6.54 Å². The van der Waals surface area contributed by atoms with Crippen molar-refractivity contribution in [3.8, 4) is 0 Å². The van der Waals surface area contributed by atoms with E-state index in [9.17, 15) is 0 Å². The summed E-state index contributed by atoms with van der Waals surface area (Å²) >= 11 is 11.3. The van der Waals surface area contributed by atoms with E-state index in [0.29, 0.717) is 22.6 Å². The molecule has 0 amide bonds. The number of rotatable bonds is 4. The fourth-order valence-corrected chi connectivity index (χ4v) is 2.66. The standard InChI is InChI=1S/C17H16ClN5S/c1-12-4-2-7-15(8-12)20-17(24)21-16-19-11-23(22-16)10-13-5-3-6-14(18)9-13/h2-9,11H,10H2,1H3,(H2,20,21,22,24). The smallest absolute Gasteiger partial charge is 0.248 e. The van der Waals surface area contributed by atoms with Gasteiger partial charge in [-0.3, -0.25) is 5.32 Å². The van der Waals surface area contributed by atoms with Gasteiger partial charge < -0.3 is 5.32 Å². The normalized spacial score (nSPS) is 10.4. The first-order valence-corrected chi connectivity index (χ1v) is 8.16. The van der Waals surface area contributed by atoms with Gasteiger partial charge in [-0.15, -0.1) is 5.10 Å². The van der Waals surface area contributed by atoms with Crippen LogP contribution in [0.25, 0.3) is 0 Å². The van der Waals surface area contributed by atoms with E-state index < -0.39 is 0 Å². The zero-order valence-electron chi connectivity index (χ0n) is 13.0. The number of aromatic nitrogens is 3. The molecular formula is C17H16ClN5S. The number of hydrogen-bond donors (Lipinski definition) is 2. The summed E-state index contributed by atoms with van der Waals surface area (Å²) in [7, 11) is 0. The maximum Gasteiger partial charge on any atom is 0.248 e. The summed E-state index contributed by atoms with van der Waals surface area (Å²) in [5.41, 5.74) is 3.14. The summed E-state index contributed by atoms with van der Waals surface area (Å²) in [4.78, 5) is 4.21. The quantitative estimate of drug-likeness (QED) is 0.688. The van der Waals surface area contributed by atoms with Crippen LogP contribution in [0, 0.1) is 6.92 Å². The third-order valence-corrected chi connectivity index (χ3v) is 3.71. The van der Waals surface area contributed by atoms with Gasteiger partial charge in [-0.1, -0.05) is 35.9 Å². The van der Waals surface area contributed by atoms with E-state index in [4.69, 9.17) is 23.8 Å². The molecule has 0 atom stereocenters. The predicted molar refractivity (Wildman–Crippen MR) is 102 cm³/mol. The molecule has 2 N–H and O–H groups in total. The molecular weight excluding hydrogens is 342 g/mol. The molecule has 0 bridgehead atoms. The Balaban J connectivity index is 1.60. The second-order valence-electron chi connectivity index (χ2n) is 5.34. The van der Waals surface area contributed by atoms with Crippen molar-refractivity contribution in [2.45, 2.75) is 13.5 Å². The Hall–Kier alpha value is -2.44. The molecule has 0 aliphatic heterocycles. The number of nitrogens with zero attached hydrogens (tertiary/aromatic N) is 3. The summed E-state index contributed by atoms with van der Waals surface area (Å²) in [5.74, 6) is 0.446. The molecule has 122 valence electrons. The minimum Gasteiger partial charge on any atom is -0.332 e. The number of benzene rings is 2. The van der Waals surface area contributed by atoms with Gasteiger partial charge in [0.05, 0.1) is 6.54 Å².